The second-order valence-electron chi connectivity index (χ2n) is 7.01. The molecule has 0 unspecified atom stereocenters. The highest BCUT2D eigenvalue weighted by atomic mass is 15.3. The lowest BCUT2D eigenvalue weighted by molar-refractivity contribution is 0.372. The number of fused-ring (bicyclic) bond motifs is 1. The van der Waals surface area contributed by atoms with Gasteiger partial charge in [0.15, 0.2) is 0 Å². The molecule has 4 rings (SSSR count). The van der Waals surface area contributed by atoms with Gasteiger partial charge in [0.2, 0.25) is 0 Å². The maximum absolute atomic E-state index is 3.48. The van der Waals surface area contributed by atoms with Crippen molar-refractivity contribution in [2.75, 3.05) is 42.5 Å². The molecule has 2 aliphatic heterocycles. The molecule has 0 radical (unpaired) electrons. The van der Waals surface area contributed by atoms with Crippen molar-refractivity contribution in [3.63, 3.8) is 0 Å². The number of benzene rings is 1. The summed E-state index contributed by atoms with van der Waals surface area (Å²) in [5.74, 6) is 0.868. The molecule has 2 fully saturated rings. The normalized spacial score (nSPS) is 23.3. The first-order valence-electron chi connectivity index (χ1n) is 8.65. The van der Waals surface area contributed by atoms with E-state index in [1.54, 1.807) is 0 Å². The van der Waals surface area contributed by atoms with Gasteiger partial charge in [-0.3, -0.25) is 0 Å². The summed E-state index contributed by atoms with van der Waals surface area (Å²) in [5, 5.41) is 3.48. The third-order valence-corrected chi connectivity index (χ3v) is 5.38. The molecule has 2 heterocycles. The van der Waals surface area contributed by atoms with Gasteiger partial charge in [-0.1, -0.05) is 12.1 Å². The average molecular weight is 285 g/mol. The van der Waals surface area contributed by atoms with E-state index in [4.69, 9.17) is 0 Å². The molecule has 0 aromatic heterocycles. The minimum atomic E-state index is 0.825. The van der Waals surface area contributed by atoms with Crippen molar-refractivity contribution in [1.29, 1.82) is 0 Å². The van der Waals surface area contributed by atoms with Gasteiger partial charge < -0.3 is 15.1 Å². The highest BCUT2D eigenvalue weighted by Crippen LogP contribution is 2.42. The van der Waals surface area contributed by atoms with Crippen LogP contribution in [0.5, 0.6) is 0 Å². The number of anilines is 2. The Kier molecular flexibility index (Phi) is 3.54. The first-order valence-corrected chi connectivity index (χ1v) is 8.65. The molecule has 1 saturated carbocycles. The smallest absolute Gasteiger partial charge is 0.0636 e. The minimum Gasteiger partial charge on any atom is -0.368 e. The predicted octanol–water partition coefficient (Wildman–Crippen LogP) is 2.78. The number of nitrogens with zero attached hydrogens (tertiary/aromatic N) is 2. The zero-order chi connectivity index (χ0) is 14.2. The van der Waals surface area contributed by atoms with Crippen LogP contribution in [-0.2, 0) is 0 Å². The molecular weight excluding hydrogens is 258 g/mol. The number of rotatable bonds is 3. The molecule has 0 spiro atoms. The van der Waals surface area contributed by atoms with Crippen molar-refractivity contribution in [2.24, 2.45) is 5.92 Å². The molecule has 114 valence electrons. The van der Waals surface area contributed by atoms with Crippen LogP contribution in [0.4, 0.5) is 11.4 Å². The summed E-state index contributed by atoms with van der Waals surface area (Å²) in [5.41, 5.74) is 4.47. The lowest BCUT2D eigenvalue weighted by atomic mass is 9.96. The van der Waals surface area contributed by atoms with Crippen LogP contribution < -0.4 is 15.1 Å². The topological polar surface area (TPSA) is 18.5 Å². The molecule has 3 heteroatoms. The molecular formula is C18H27N3. The number of para-hydroxylation sites is 1. The number of hydrogen-bond acceptors (Lipinski definition) is 3. The van der Waals surface area contributed by atoms with Gasteiger partial charge >= 0.3 is 0 Å². The molecule has 0 amide bonds. The summed E-state index contributed by atoms with van der Waals surface area (Å²) < 4.78 is 0. The molecule has 1 aromatic rings. The fraction of sp³-hybridized carbons (Fsp3) is 0.667. The zero-order valence-electron chi connectivity index (χ0n) is 13.1. The third kappa shape index (κ3) is 2.64. The van der Waals surface area contributed by atoms with E-state index in [0.717, 1.165) is 12.0 Å². The molecule has 1 saturated heterocycles. The Bertz CT molecular complexity index is 503. The Hall–Kier alpha value is -1.22. The van der Waals surface area contributed by atoms with E-state index in [9.17, 15) is 0 Å². The Morgan fingerprint density at radius 1 is 1.10 bits per heavy atom. The van der Waals surface area contributed by atoms with Crippen LogP contribution in [0.3, 0.4) is 0 Å². The predicted molar refractivity (Wildman–Crippen MR) is 89.4 cm³/mol. The Balaban J connectivity index is 1.58. The third-order valence-electron chi connectivity index (χ3n) is 5.38. The van der Waals surface area contributed by atoms with Gasteiger partial charge in [-0.25, -0.2) is 0 Å². The first-order chi connectivity index (χ1) is 10.3. The lowest BCUT2D eigenvalue weighted by Crippen LogP contribution is -2.45. The maximum atomic E-state index is 3.48. The maximum Gasteiger partial charge on any atom is 0.0636 e. The van der Waals surface area contributed by atoms with Crippen molar-refractivity contribution in [3.8, 4) is 0 Å². The van der Waals surface area contributed by atoms with Crippen LogP contribution in [0.25, 0.3) is 0 Å². The minimum absolute atomic E-state index is 0.825. The Labute approximate surface area is 128 Å². The largest absolute Gasteiger partial charge is 0.368 e. The van der Waals surface area contributed by atoms with E-state index < -0.39 is 0 Å². The summed E-state index contributed by atoms with van der Waals surface area (Å²) in [4.78, 5) is 5.35. The van der Waals surface area contributed by atoms with Crippen molar-refractivity contribution in [1.82, 2.24) is 5.32 Å². The number of hydrogen-bond donors (Lipinski definition) is 1. The average Bonchev–Trinajstić information content (AvgIpc) is 3.34. The van der Waals surface area contributed by atoms with Crippen LogP contribution in [0.1, 0.15) is 31.2 Å². The van der Waals surface area contributed by atoms with Crippen LogP contribution in [0, 0.1) is 12.8 Å². The first kappa shape index (κ1) is 13.4. The summed E-state index contributed by atoms with van der Waals surface area (Å²) >= 11 is 0. The van der Waals surface area contributed by atoms with E-state index >= 15 is 0 Å². The van der Waals surface area contributed by atoms with Gasteiger partial charge in [0, 0.05) is 25.7 Å². The van der Waals surface area contributed by atoms with Crippen LogP contribution in [-0.4, -0.2) is 38.8 Å². The van der Waals surface area contributed by atoms with E-state index in [1.165, 1.54) is 75.3 Å². The Morgan fingerprint density at radius 2 is 1.90 bits per heavy atom. The van der Waals surface area contributed by atoms with Crippen molar-refractivity contribution < 1.29 is 0 Å². The molecule has 3 nitrogen and oxygen atoms in total. The zero-order valence-corrected chi connectivity index (χ0v) is 13.1. The van der Waals surface area contributed by atoms with Crippen molar-refractivity contribution in [2.45, 2.75) is 38.6 Å². The van der Waals surface area contributed by atoms with Gasteiger partial charge in [0.25, 0.3) is 0 Å². The van der Waals surface area contributed by atoms with Gasteiger partial charge in [-0.05, 0) is 63.2 Å². The van der Waals surface area contributed by atoms with Crippen LogP contribution in [0.2, 0.25) is 0 Å². The van der Waals surface area contributed by atoms with Gasteiger partial charge in [-0.15, -0.1) is 0 Å². The number of nitrogens with one attached hydrogen (secondary N) is 1. The van der Waals surface area contributed by atoms with Crippen LogP contribution in [0.15, 0.2) is 18.2 Å². The molecule has 21 heavy (non-hydrogen) atoms. The summed E-state index contributed by atoms with van der Waals surface area (Å²) in [6.45, 7) is 8.35. The highest BCUT2D eigenvalue weighted by molar-refractivity contribution is 5.77. The van der Waals surface area contributed by atoms with E-state index in [0.29, 0.717) is 0 Å². The fourth-order valence-corrected chi connectivity index (χ4v) is 4.05. The Morgan fingerprint density at radius 3 is 2.67 bits per heavy atom. The molecule has 0 bridgehead atoms. The van der Waals surface area contributed by atoms with Crippen molar-refractivity contribution in [3.05, 3.63) is 23.8 Å². The quantitative estimate of drug-likeness (QED) is 0.921. The monoisotopic (exact) mass is 285 g/mol. The van der Waals surface area contributed by atoms with Gasteiger partial charge in [-0.2, -0.15) is 0 Å². The SMILES string of the molecule is Cc1cccc2c1N(C1CC1)CCN2CC1CCNCC1. The summed E-state index contributed by atoms with van der Waals surface area (Å²) in [6.07, 6.45) is 5.46. The second kappa shape index (κ2) is 5.53. The summed E-state index contributed by atoms with van der Waals surface area (Å²) in [7, 11) is 0. The van der Waals surface area contributed by atoms with Gasteiger partial charge in [0.1, 0.15) is 0 Å². The van der Waals surface area contributed by atoms with E-state index in [1.807, 2.05) is 0 Å². The standard InChI is InChI=1S/C18H27N3/c1-14-3-2-4-17-18(14)21(16-5-6-16)12-11-20(17)13-15-7-9-19-10-8-15/h2-4,15-16,19H,5-13H2,1H3. The highest BCUT2D eigenvalue weighted by Gasteiger charge is 2.35. The number of aryl methyl sites for hydroxylation is 1. The lowest BCUT2D eigenvalue weighted by Gasteiger charge is -2.42. The molecule has 0 atom stereocenters. The van der Waals surface area contributed by atoms with Crippen LogP contribution >= 0.6 is 0 Å². The summed E-state index contributed by atoms with van der Waals surface area (Å²) in [6, 6.07) is 7.69. The second-order valence-corrected chi connectivity index (χ2v) is 7.01. The molecule has 1 N–H and O–H groups in total. The molecule has 1 aromatic carbocycles. The fourth-order valence-electron chi connectivity index (χ4n) is 4.05. The van der Waals surface area contributed by atoms with Crippen molar-refractivity contribution >= 4 is 11.4 Å². The van der Waals surface area contributed by atoms with E-state index in [2.05, 4.69) is 40.2 Å². The van der Waals surface area contributed by atoms with E-state index in [-0.39, 0.29) is 0 Å². The molecule has 1 aliphatic carbocycles. The van der Waals surface area contributed by atoms with Gasteiger partial charge in [0.05, 0.1) is 11.4 Å². The molecule has 3 aliphatic rings. The number of piperidine rings is 1.